The number of nitrogens with zero attached hydrogens (tertiary/aromatic N) is 2. The second-order valence-electron chi connectivity index (χ2n) is 9.00. The Morgan fingerprint density at radius 3 is 2.61 bits per heavy atom. The first-order valence-electron chi connectivity index (χ1n) is 11.5. The van der Waals surface area contributed by atoms with E-state index < -0.39 is 6.04 Å². The molecule has 31 heavy (non-hydrogen) atoms. The molecule has 1 atom stereocenters. The Kier molecular flexibility index (Phi) is 6.62. The van der Waals surface area contributed by atoms with Crippen LogP contribution in [0.25, 0.3) is 0 Å². The Labute approximate surface area is 184 Å². The Bertz CT molecular complexity index is 832. The topological polar surface area (TPSA) is 73.9 Å². The van der Waals surface area contributed by atoms with E-state index in [0.29, 0.717) is 24.4 Å². The molecule has 3 aliphatic rings. The van der Waals surface area contributed by atoms with Gasteiger partial charge < -0.3 is 20.3 Å². The van der Waals surface area contributed by atoms with Crippen LogP contribution >= 0.6 is 0 Å². The molecule has 2 fully saturated rings. The third-order valence-electron chi connectivity index (χ3n) is 6.90. The summed E-state index contributed by atoms with van der Waals surface area (Å²) in [7, 11) is 2.19. The lowest BCUT2D eigenvalue weighted by atomic mass is 9.78. The van der Waals surface area contributed by atoms with Crippen LogP contribution in [0.2, 0.25) is 0 Å². The molecule has 1 aromatic rings. The number of piperazine rings is 1. The van der Waals surface area contributed by atoms with Crippen LogP contribution in [0.15, 0.2) is 41.6 Å². The smallest absolute Gasteiger partial charge is 0.338 e. The van der Waals surface area contributed by atoms with Crippen molar-refractivity contribution in [2.75, 3.05) is 39.8 Å². The van der Waals surface area contributed by atoms with Gasteiger partial charge in [0.05, 0.1) is 18.2 Å². The molecule has 7 nitrogen and oxygen atoms in total. The van der Waals surface area contributed by atoms with E-state index in [2.05, 4.69) is 27.5 Å². The van der Waals surface area contributed by atoms with Gasteiger partial charge in [-0.15, -0.1) is 0 Å². The number of urea groups is 1. The molecule has 0 aromatic heterocycles. The predicted molar refractivity (Wildman–Crippen MR) is 119 cm³/mol. The molecule has 2 N–H and O–H groups in total. The first-order valence-corrected chi connectivity index (χ1v) is 11.5. The van der Waals surface area contributed by atoms with Crippen LogP contribution < -0.4 is 10.6 Å². The molecule has 0 radical (unpaired) electrons. The highest BCUT2D eigenvalue weighted by atomic mass is 16.5. The average Bonchev–Trinajstić information content (AvgIpc) is 2.77. The van der Waals surface area contributed by atoms with Gasteiger partial charge in [0.15, 0.2) is 0 Å². The summed E-state index contributed by atoms with van der Waals surface area (Å²) >= 11 is 0. The minimum absolute atomic E-state index is 0.107. The standard InChI is InChI=1S/C24H34N4O3/c1-3-31-22(29)20-19(25-23(30)26-21(20)18-10-6-4-7-11-18)16-28-15-14-27(2)17-24(28)12-8-5-9-13-24/h4,6-7,10-11,21H,3,5,8-9,12-17H2,1-2H3,(H2,25,26,30)/t21-/m0/s1. The van der Waals surface area contributed by atoms with Crippen molar-refractivity contribution < 1.29 is 14.3 Å². The monoisotopic (exact) mass is 426 g/mol. The number of hydrogen-bond donors (Lipinski definition) is 2. The summed E-state index contributed by atoms with van der Waals surface area (Å²) in [6.07, 6.45) is 6.07. The number of rotatable bonds is 5. The largest absolute Gasteiger partial charge is 0.463 e. The molecular weight excluding hydrogens is 392 g/mol. The lowest BCUT2D eigenvalue weighted by molar-refractivity contribution is -0.139. The molecule has 1 spiro atoms. The highest BCUT2D eigenvalue weighted by molar-refractivity contribution is 5.95. The van der Waals surface area contributed by atoms with Crippen LogP contribution in [0.1, 0.15) is 50.6 Å². The fourth-order valence-electron chi connectivity index (χ4n) is 5.42. The number of nitrogens with one attached hydrogen (secondary N) is 2. The first-order chi connectivity index (χ1) is 15.0. The molecule has 2 amide bonds. The summed E-state index contributed by atoms with van der Waals surface area (Å²) in [5.41, 5.74) is 2.17. The number of ether oxygens (including phenoxy) is 1. The third-order valence-corrected chi connectivity index (χ3v) is 6.90. The van der Waals surface area contributed by atoms with Gasteiger partial charge in [-0.05, 0) is 32.4 Å². The van der Waals surface area contributed by atoms with E-state index in [0.717, 1.165) is 38.0 Å². The molecular formula is C24H34N4O3. The van der Waals surface area contributed by atoms with Crippen molar-refractivity contribution in [3.05, 3.63) is 47.2 Å². The normalized spacial score (nSPS) is 24.6. The van der Waals surface area contributed by atoms with Crippen molar-refractivity contribution >= 4 is 12.0 Å². The molecule has 2 aliphatic heterocycles. The Balaban J connectivity index is 1.71. The summed E-state index contributed by atoms with van der Waals surface area (Å²) in [6, 6.07) is 8.85. The second kappa shape index (κ2) is 9.40. The van der Waals surface area contributed by atoms with Crippen molar-refractivity contribution in [3.8, 4) is 0 Å². The van der Waals surface area contributed by atoms with Gasteiger partial charge in [0.1, 0.15) is 0 Å². The number of likely N-dealkylation sites (N-methyl/N-ethyl adjacent to an activating group) is 1. The van der Waals surface area contributed by atoms with Gasteiger partial charge in [0.2, 0.25) is 0 Å². The van der Waals surface area contributed by atoms with E-state index in [1.807, 2.05) is 37.3 Å². The number of benzene rings is 1. The van der Waals surface area contributed by atoms with Crippen LogP contribution in [-0.4, -0.2) is 67.2 Å². The zero-order chi connectivity index (χ0) is 21.8. The molecule has 7 heteroatoms. The Morgan fingerprint density at radius 1 is 1.16 bits per heavy atom. The second-order valence-corrected chi connectivity index (χ2v) is 9.00. The fourth-order valence-corrected chi connectivity index (χ4v) is 5.42. The van der Waals surface area contributed by atoms with Crippen LogP contribution in [0.5, 0.6) is 0 Å². The predicted octanol–water partition coefficient (Wildman–Crippen LogP) is 2.81. The van der Waals surface area contributed by atoms with Crippen molar-refractivity contribution in [1.82, 2.24) is 20.4 Å². The lowest BCUT2D eigenvalue weighted by Crippen LogP contribution is -2.63. The molecule has 1 saturated carbocycles. The molecule has 1 aliphatic carbocycles. The maximum Gasteiger partial charge on any atom is 0.338 e. The number of carbonyl (C=O) groups is 2. The van der Waals surface area contributed by atoms with E-state index in [1.54, 1.807) is 0 Å². The minimum atomic E-state index is -0.515. The zero-order valence-corrected chi connectivity index (χ0v) is 18.7. The van der Waals surface area contributed by atoms with E-state index in [-0.39, 0.29) is 17.5 Å². The summed E-state index contributed by atoms with van der Waals surface area (Å²) < 4.78 is 5.43. The van der Waals surface area contributed by atoms with Crippen LogP contribution in [0.3, 0.4) is 0 Å². The third kappa shape index (κ3) is 4.62. The SMILES string of the molecule is CCOC(=O)C1=C(CN2CCN(C)CC23CCCCC3)NC(=O)N[C@H]1c1ccccc1. The fraction of sp³-hybridized carbons (Fsp3) is 0.583. The van der Waals surface area contributed by atoms with E-state index in [9.17, 15) is 9.59 Å². The van der Waals surface area contributed by atoms with Gasteiger partial charge in [-0.25, -0.2) is 9.59 Å². The Morgan fingerprint density at radius 2 is 1.90 bits per heavy atom. The molecule has 1 aromatic carbocycles. The van der Waals surface area contributed by atoms with Crippen LogP contribution in [-0.2, 0) is 9.53 Å². The van der Waals surface area contributed by atoms with E-state index in [1.165, 1.54) is 19.3 Å². The number of amides is 2. The van der Waals surface area contributed by atoms with Gasteiger partial charge in [-0.1, -0.05) is 49.6 Å². The summed E-state index contributed by atoms with van der Waals surface area (Å²) in [6.45, 7) is 5.60. The van der Waals surface area contributed by atoms with Gasteiger partial charge >= 0.3 is 12.0 Å². The van der Waals surface area contributed by atoms with E-state index >= 15 is 0 Å². The van der Waals surface area contributed by atoms with Crippen LogP contribution in [0.4, 0.5) is 4.79 Å². The minimum Gasteiger partial charge on any atom is -0.463 e. The molecule has 0 bridgehead atoms. The summed E-state index contributed by atoms with van der Waals surface area (Å²) in [5, 5.41) is 5.89. The number of esters is 1. The Hall–Kier alpha value is -2.38. The van der Waals surface area contributed by atoms with Gasteiger partial charge in [-0.3, -0.25) is 4.90 Å². The quantitative estimate of drug-likeness (QED) is 0.709. The van der Waals surface area contributed by atoms with E-state index in [4.69, 9.17) is 4.74 Å². The van der Waals surface area contributed by atoms with Crippen molar-refractivity contribution in [2.24, 2.45) is 0 Å². The number of carbonyl (C=O) groups excluding carboxylic acids is 2. The molecule has 2 heterocycles. The molecule has 168 valence electrons. The maximum absolute atomic E-state index is 13.1. The van der Waals surface area contributed by atoms with Crippen molar-refractivity contribution in [3.63, 3.8) is 0 Å². The van der Waals surface area contributed by atoms with Gasteiger partial charge in [-0.2, -0.15) is 0 Å². The van der Waals surface area contributed by atoms with Gasteiger partial charge in [0.25, 0.3) is 0 Å². The molecule has 1 saturated heterocycles. The highest BCUT2D eigenvalue weighted by Gasteiger charge is 2.43. The zero-order valence-electron chi connectivity index (χ0n) is 18.7. The molecule has 0 unspecified atom stereocenters. The lowest BCUT2D eigenvalue weighted by Gasteiger charge is -2.52. The first kappa shape index (κ1) is 21.8. The van der Waals surface area contributed by atoms with Crippen LogP contribution in [0, 0.1) is 0 Å². The summed E-state index contributed by atoms with van der Waals surface area (Å²) in [4.78, 5) is 30.6. The molecule has 4 rings (SSSR count). The summed E-state index contributed by atoms with van der Waals surface area (Å²) in [5.74, 6) is -0.370. The van der Waals surface area contributed by atoms with Crippen molar-refractivity contribution in [1.29, 1.82) is 0 Å². The maximum atomic E-state index is 13.1. The highest BCUT2D eigenvalue weighted by Crippen LogP contribution is 2.37. The van der Waals surface area contributed by atoms with Gasteiger partial charge in [0, 0.05) is 37.4 Å². The average molecular weight is 427 g/mol. The van der Waals surface area contributed by atoms with Crippen molar-refractivity contribution in [2.45, 2.75) is 50.6 Å². The number of hydrogen-bond acceptors (Lipinski definition) is 5.